The van der Waals surface area contributed by atoms with E-state index >= 15 is 0 Å². The van der Waals surface area contributed by atoms with Crippen LogP contribution in [0.4, 0.5) is 4.79 Å². The fourth-order valence-electron chi connectivity index (χ4n) is 2.78. The predicted molar refractivity (Wildman–Crippen MR) is 114 cm³/mol. The summed E-state index contributed by atoms with van der Waals surface area (Å²) in [5.74, 6) is 6.03. The van der Waals surface area contributed by atoms with Gasteiger partial charge in [-0.3, -0.25) is 0 Å². The van der Waals surface area contributed by atoms with Crippen LogP contribution >= 0.6 is 0 Å². The van der Waals surface area contributed by atoms with Gasteiger partial charge in [0.15, 0.2) is 0 Å². The fraction of sp³-hybridized carbons (Fsp3) is 0.348. The highest BCUT2D eigenvalue weighted by Gasteiger charge is 2.07. The van der Waals surface area contributed by atoms with E-state index in [0.29, 0.717) is 13.0 Å². The molecule has 0 bridgehead atoms. The molecule has 0 aliphatic heterocycles. The number of hydrogen-bond acceptors (Lipinski definition) is 2. The van der Waals surface area contributed by atoms with Crippen molar-refractivity contribution in [2.75, 3.05) is 13.1 Å². The van der Waals surface area contributed by atoms with Gasteiger partial charge in [0.05, 0.1) is 0 Å². The number of hydrogen-bond donors (Lipinski definition) is 3. The lowest BCUT2D eigenvalue weighted by atomic mass is 10.00. The Kier molecular flexibility index (Phi) is 8.41. The van der Waals surface area contributed by atoms with Crippen LogP contribution in [0.3, 0.4) is 0 Å². The molecule has 4 heteroatoms. The van der Waals surface area contributed by atoms with Gasteiger partial charge in [0, 0.05) is 31.6 Å². The fourth-order valence-corrected chi connectivity index (χ4v) is 2.78. The molecule has 142 valence electrons. The summed E-state index contributed by atoms with van der Waals surface area (Å²) in [6, 6.07) is 15.1. The van der Waals surface area contributed by atoms with Crippen LogP contribution in [0.5, 0.6) is 0 Å². The third kappa shape index (κ3) is 7.16. The molecule has 27 heavy (non-hydrogen) atoms. The van der Waals surface area contributed by atoms with Crippen molar-refractivity contribution in [2.45, 2.75) is 39.3 Å². The van der Waals surface area contributed by atoms with Gasteiger partial charge in [0.25, 0.3) is 0 Å². The summed E-state index contributed by atoms with van der Waals surface area (Å²) in [4.78, 5) is 11.4. The Hall–Kier alpha value is -2.77. The number of fused-ring (bicyclic) bond motifs is 1. The molecule has 0 fully saturated rings. The Morgan fingerprint density at radius 2 is 1.89 bits per heavy atom. The second-order valence-electron chi connectivity index (χ2n) is 6.73. The predicted octanol–water partition coefficient (Wildman–Crippen LogP) is 4.15. The number of allylic oxidation sites excluding steroid dienone is 1. The van der Waals surface area contributed by atoms with E-state index in [4.69, 9.17) is 0 Å². The first-order chi connectivity index (χ1) is 13.1. The number of urea groups is 1. The topological polar surface area (TPSA) is 53.2 Å². The molecule has 3 N–H and O–H groups in total. The van der Waals surface area contributed by atoms with Gasteiger partial charge < -0.3 is 16.0 Å². The zero-order valence-corrected chi connectivity index (χ0v) is 16.4. The molecule has 1 atom stereocenters. The average Bonchev–Trinajstić information content (AvgIpc) is 2.65. The summed E-state index contributed by atoms with van der Waals surface area (Å²) in [5.41, 5.74) is 1.30. The van der Waals surface area contributed by atoms with E-state index in [1.807, 2.05) is 26.0 Å². The molecule has 4 nitrogen and oxygen atoms in total. The van der Waals surface area contributed by atoms with Gasteiger partial charge in [-0.2, -0.15) is 0 Å². The van der Waals surface area contributed by atoms with E-state index in [9.17, 15) is 4.79 Å². The van der Waals surface area contributed by atoms with Crippen LogP contribution in [-0.2, 0) is 0 Å². The first-order valence-electron chi connectivity index (χ1n) is 9.46. The SMILES string of the molecule is CC(C)NC(=O)NCCC#C/C=C/CN[C@H](C)c1cccc2ccccc12. The van der Waals surface area contributed by atoms with Gasteiger partial charge in [-0.05, 0) is 43.2 Å². The number of rotatable bonds is 7. The van der Waals surface area contributed by atoms with Crippen LogP contribution in [0, 0.1) is 11.8 Å². The minimum atomic E-state index is -0.144. The van der Waals surface area contributed by atoms with Crippen molar-refractivity contribution in [2.24, 2.45) is 0 Å². The van der Waals surface area contributed by atoms with Crippen LogP contribution in [0.1, 0.15) is 38.8 Å². The molecule has 2 amide bonds. The summed E-state index contributed by atoms with van der Waals surface area (Å²) in [7, 11) is 0. The van der Waals surface area contributed by atoms with Crippen molar-refractivity contribution < 1.29 is 4.79 Å². The maximum absolute atomic E-state index is 11.4. The van der Waals surface area contributed by atoms with Crippen molar-refractivity contribution in [3.63, 3.8) is 0 Å². The second-order valence-corrected chi connectivity index (χ2v) is 6.73. The van der Waals surface area contributed by atoms with E-state index in [2.05, 4.69) is 77.2 Å². The molecule has 0 spiro atoms. The molecule has 0 saturated heterocycles. The summed E-state index contributed by atoms with van der Waals surface area (Å²) in [6.07, 6.45) is 4.51. The average molecular weight is 364 g/mol. The van der Waals surface area contributed by atoms with E-state index in [1.54, 1.807) is 0 Å². The minimum Gasteiger partial charge on any atom is -0.337 e. The second kappa shape index (κ2) is 11.1. The molecule has 2 rings (SSSR count). The van der Waals surface area contributed by atoms with Gasteiger partial charge in [-0.25, -0.2) is 4.79 Å². The Morgan fingerprint density at radius 1 is 1.11 bits per heavy atom. The lowest BCUT2D eigenvalue weighted by molar-refractivity contribution is 0.239. The van der Waals surface area contributed by atoms with E-state index in [1.165, 1.54) is 16.3 Å². The highest BCUT2D eigenvalue weighted by atomic mass is 16.2. The van der Waals surface area contributed by atoms with E-state index in [-0.39, 0.29) is 18.1 Å². The Balaban J connectivity index is 1.71. The number of carbonyl (C=O) groups excluding carboxylic acids is 1. The zero-order valence-electron chi connectivity index (χ0n) is 16.4. The van der Waals surface area contributed by atoms with E-state index < -0.39 is 0 Å². The quantitative estimate of drug-likeness (QED) is 0.511. The Morgan fingerprint density at radius 3 is 2.70 bits per heavy atom. The number of carbonyl (C=O) groups is 1. The third-order valence-electron chi connectivity index (χ3n) is 4.09. The summed E-state index contributed by atoms with van der Waals surface area (Å²) >= 11 is 0. The van der Waals surface area contributed by atoms with Crippen molar-refractivity contribution in [1.29, 1.82) is 0 Å². The van der Waals surface area contributed by atoms with Crippen molar-refractivity contribution in [3.05, 3.63) is 60.2 Å². The largest absolute Gasteiger partial charge is 0.337 e. The summed E-state index contributed by atoms with van der Waals surface area (Å²) in [5, 5.41) is 11.6. The van der Waals surface area contributed by atoms with Gasteiger partial charge in [-0.1, -0.05) is 60.4 Å². The Bertz CT molecular complexity index is 825. The molecule has 2 aromatic carbocycles. The molecule has 0 radical (unpaired) electrons. The monoisotopic (exact) mass is 363 g/mol. The molecule has 0 aromatic heterocycles. The third-order valence-corrected chi connectivity index (χ3v) is 4.09. The molecule has 0 saturated carbocycles. The van der Waals surface area contributed by atoms with Crippen LogP contribution in [0.2, 0.25) is 0 Å². The molecular formula is C23H29N3O. The lowest BCUT2D eigenvalue weighted by Crippen LogP contribution is -2.39. The maximum Gasteiger partial charge on any atom is 0.315 e. The highest BCUT2D eigenvalue weighted by Crippen LogP contribution is 2.23. The van der Waals surface area contributed by atoms with Crippen molar-refractivity contribution in [3.8, 4) is 11.8 Å². The standard InChI is InChI=1S/C23H29N3O/c1-18(2)26-23(27)25-17-10-6-4-5-9-16-24-19(3)21-15-11-13-20-12-7-8-14-22(20)21/h5,7-9,11-15,18-19,24H,10,16-17H2,1-3H3,(H2,25,26,27)/b9-5+/t19-/m1/s1. The van der Waals surface area contributed by atoms with Crippen LogP contribution in [0.25, 0.3) is 10.8 Å². The summed E-state index contributed by atoms with van der Waals surface area (Å²) in [6.45, 7) is 7.34. The number of benzene rings is 2. The smallest absolute Gasteiger partial charge is 0.315 e. The molecule has 0 heterocycles. The molecule has 2 aromatic rings. The molecule has 0 unspecified atom stereocenters. The van der Waals surface area contributed by atoms with Gasteiger partial charge in [0.1, 0.15) is 0 Å². The minimum absolute atomic E-state index is 0.141. The molecule has 0 aliphatic rings. The lowest BCUT2D eigenvalue weighted by Gasteiger charge is -2.15. The van der Waals surface area contributed by atoms with Gasteiger partial charge >= 0.3 is 6.03 Å². The highest BCUT2D eigenvalue weighted by molar-refractivity contribution is 5.86. The van der Waals surface area contributed by atoms with Crippen LogP contribution in [0.15, 0.2) is 54.6 Å². The van der Waals surface area contributed by atoms with Gasteiger partial charge in [0.2, 0.25) is 0 Å². The van der Waals surface area contributed by atoms with Crippen molar-refractivity contribution >= 4 is 16.8 Å². The first-order valence-corrected chi connectivity index (χ1v) is 9.46. The van der Waals surface area contributed by atoms with Crippen LogP contribution < -0.4 is 16.0 Å². The van der Waals surface area contributed by atoms with Gasteiger partial charge in [-0.15, -0.1) is 0 Å². The van der Waals surface area contributed by atoms with Crippen LogP contribution in [-0.4, -0.2) is 25.2 Å². The molecular weight excluding hydrogens is 334 g/mol. The number of amides is 2. The molecule has 0 aliphatic carbocycles. The summed E-state index contributed by atoms with van der Waals surface area (Å²) < 4.78 is 0. The van der Waals surface area contributed by atoms with E-state index in [0.717, 1.165) is 6.54 Å². The zero-order chi connectivity index (χ0) is 19.5. The van der Waals surface area contributed by atoms with Crippen molar-refractivity contribution in [1.82, 2.24) is 16.0 Å². The first kappa shape index (κ1) is 20.5. The normalized spacial score (nSPS) is 12.0. The number of nitrogens with one attached hydrogen (secondary N) is 3. The Labute approximate surface area is 162 Å². The maximum atomic E-state index is 11.4.